The summed E-state index contributed by atoms with van der Waals surface area (Å²) in [6.45, 7) is 0. The van der Waals surface area contributed by atoms with Gasteiger partial charge in [-0.15, -0.1) is 11.6 Å². The second kappa shape index (κ2) is 5.66. The molecule has 1 unspecified atom stereocenters. The molecule has 0 radical (unpaired) electrons. The molecule has 0 saturated heterocycles. The molecule has 0 aliphatic rings. The molecule has 1 atom stereocenters. The zero-order chi connectivity index (χ0) is 15.0. The summed E-state index contributed by atoms with van der Waals surface area (Å²) in [6.07, 6.45) is 0. The van der Waals surface area contributed by atoms with Crippen molar-refractivity contribution in [2.24, 2.45) is 0 Å². The van der Waals surface area contributed by atoms with E-state index in [1.54, 1.807) is 6.07 Å². The first-order valence-corrected chi connectivity index (χ1v) is 7.60. The van der Waals surface area contributed by atoms with Crippen molar-refractivity contribution in [3.8, 4) is 5.75 Å². The fourth-order valence-corrected chi connectivity index (χ4v) is 3.19. The SMILES string of the molecule is Oc1ccc(C(Cl)c2cc(Br)c3ccccc3c2)cc1F. The molecule has 0 fully saturated rings. The van der Waals surface area contributed by atoms with Gasteiger partial charge in [0.2, 0.25) is 0 Å². The maximum atomic E-state index is 13.5. The lowest BCUT2D eigenvalue weighted by atomic mass is 10.0. The van der Waals surface area contributed by atoms with Gasteiger partial charge in [0, 0.05) is 4.47 Å². The number of halogens is 3. The minimum Gasteiger partial charge on any atom is -0.505 e. The first kappa shape index (κ1) is 14.4. The van der Waals surface area contributed by atoms with Gasteiger partial charge >= 0.3 is 0 Å². The Morgan fingerprint density at radius 2 is 1.76 bits per heavy atom. The molecule has 0 aliphatic heterocycles. The highest BCUT2D eigenvalue weighted by Crippen LogP contribution is 2.35. The van der Waals surface area contributed by atoms with Crippen LogP contribution in [0.2, 0.25) is 0 Å². The van der Waals surface area contributed by atoms with Crippen LogP contribution in [0.25, 0.3) is 10.8 Å². The van der Waals surface area contributed by atoms with Crippen LogP contribution < -0.4 is 0 Å². The minimum absolute atomic E-state index is 0.373. The summed E-state index contributed by atoms with van der Waals surface area (Å²) in [5, 5.41) is 10.9. The predicted octanol–water partition coefficient (Wildman–Crippen LogP) is 5.78. The van der Waals surface area contributed by atoms with Crippen LogP contribution in [0.5, 0.6) is 5.75 Å². The molecule has 0 heterocycles. The van der Waals surface area contributed by atoms with Crippen molar-refractivity contribution in [3.63, 3.8) is 0 Å². The van der Waals surface area contributed by atoms with Gasteiger partial charge in [0.25, 0.3) is 0 Å². The highest BCUT2D eigenvalue weighted by atomic mass is 79.9. The average Bonchev–Trinajstić information content (AvgIpc) is 2.49. The van der Waals surface area contributed by atoms with E-state index in [9.17, 15) is 9.50 Å². The summed E-state index contributed by atoms with van der Waals surface area (Å²) in [6, 6.07) is 16.1. The summed E-state index contributed by atoms with van der Waals surface area (Å²) >= 11 is 10.0. The third-order valence-corrected chi connectivity index (χ3v) is 4.55. The van der Waals surface area contributed by atoms with Crippen LogP contribution in [0.15, 0.2) is 59.1 Å². The molecular weight excluding hydrogens is 355 g/mol. The van der Waals surface area contributed by atoms with E-state index >= 15 is 0 Å². The van der Waals surface area contributed by atoms with Crippen LogP contribution in [-0.4, -0.2) is 5.11 Å². The van der Waals surface area contributed by atoms with Crippen molar-refractivity contribution in [1.29, 1.82) is 0 Å². The molecular formula is C17H11BrClFO. The number of benzene rings is 3. The van der Waals surface area contributed by atoms with Crippen LogP contribution in [0.3, 0.4) is 0 Å². The third kappa shape index (κ3) is 2.76. The zero-order valence-corrected chi connectivity index (χ0v) is 13.2. The number of fused-ring (bicyclic) bond motifs is 1. The van der Waals surface area contributed by atoms with Crippen LogP contribution in [0.4, 0.5) is 4.39 Å². The molecule has 0 amide bonds. The quantitative estimate of drug-likeness (QED) is 0.571. The van der Waals surface area contributed by atoms with E-state index < -0.39 is 11.2 Å². The van der Waals surface area contributed by atoms with Crippen LogP contribution in [0.1, 0.15) is 16.5 Å². The van der Waals surface area contributed by atoms with Crippen molar-refractivity contribution < 1.29 is 9.50 Å². The summed E-state index contributed by atoms with van der Waals surface area (Å²) in [5.41, 5.74) is 1.47. The minimum atomic E-state index is -0.669. The molecule has 0 bridgehead atoms. The van der Waals surface area contributed by atoms with E-state index in [0.29, 0.717) is 5.56 Å². The Morgan fingerprint density at radius 1 is 1.00 bits per heavy atom. The standard InChI is InChI=1S/C17H11BrClFO/c18-14-8-12(7-10-3-1-2-4-13(10)14)17(19)11-5-6-16(21)15(20)9-11/h1-9,17,21H. The largest absolute Gasteiger partial charge is 0.505 e. The second-order valence-corrected chi connectivity index (χ2v) is 6.09. The molecule has 21 heavy (non-hydrogen) atoms. The van der Waals surface area contributed by atoms with Gasteiger partial charge in [0.05, 0.1) is 5.38 Å². The average molecular weight is 366 g/mol. The Hall–Kier alpha value is -1.58. The topological polar surface area (TPSA) is 20.2 Å². The molecule has 3 aromatic carbocycles. The van der Waals surface area contributed by atoms with E-state index in [1.807, 2.05) is 36.4 Å². The van der Waals surface area contributed by atoms with E-state index in [1.165, 1.54) is 12.1 Å². The number of alkyl halides is 1. The van der Waals surface area contributed by atoms with E-state index in [2.05, 4.69) is 15.9 Å². The van der Waals surface area contributed by atoms with E-state index in [4.69, 9.17) is 11.6 Å². The smallest absolute Gasteiger partial charge is 0.165 e. The van der Waals surface area contributed by atoms with Gasteiger partial charge in [-0.05, 0) is 46.2 Å². The predicted molar refractivity (Wildman–Crippen MR) is 87.4 cm³/mol. The Labute approximate surface area is 135 Å². The fourth-order valence-electron chi connectivity index (χ4n) is 2.31. The van der Waals surface area contributed by atoms with E-state index in [0.717, 1.165) is 20.8 Å². The van der Waals surface area contributed by atoms with Gasteiger partial charge in [-0.3, -0.25) is 0 Å². The van der Waals surface area contributed by atoms with Gasteiger partial charge < -0.3 is 5.11 Å². The number of phenolic OH excluding ortho intramolecular Hbond substituents is 1. The molecule has 106 valence electrons. The van der Waals surface area contributed by atoms with Gasteiger partial charge in [-0.1, -0.05) is 46.3 Å². The zero-order valence-electron chi connectivity index (χ0n) is 10.9. The summed E-state index contributed by atoms with van der Waals surface area (Å²) < 4.78 is 14.4. The Morgan fingerprint density at radius 3 is 2.52 bits per heavy atom. The number of hydrogen-bond acceptors (Lipinski definition) is 1. The molecule has 1 nitrogen and oxygen atoms in total. The normalized spacial score (nSPS) is 12.5. The van der Waals surface area contributed by atoms with Gasteiger partial charge in [0.15, 0.2) is 11.6 Å². The summed E-state index contributed by atoms with van der Waals surface area (Å²) in [5.74, 6) is -1.04. The maximum Gasteiger partial charge on any atom is 0.165 e. The molecule has 0 aromatic heterocycles. The van der Waals surface area contributed by atoms with Crippen molar-refractivity contribution in [1.82, 2.24) is 0 Å². The van der Waals surface area contributed by atoms with Gasteiger partial charge in [-0.2, -0.15) is 0 Å². The van der Waals surface area contributed by atoms with Crippen LogP contribution >= 0.6 is 27.5 Å². The van der Waals surface area contributed by atoms with E-state index in [-0.39, 0.29) is 5.75 Å². The lowest BCUT2D eigenvalue weighted by molar-refractivity contribution is 0.432. The van der Waals surface area contributed by atoms with Gasteiger partial charge in [0.1, 0.15) is 0 Å². The highest BCUT2D eigenvalue weighted by Gasteiger charge is 2.15. The third-order valence-electron chi connectivity index (χ3n) is 3.39. The number of phenols is 1. The lowest BCUT2D eigenvalue weighted by Crippen LogP contribution is -1.95. The number of hydrogen-bond donors (Lipinski definition) is 1. The maximum absolute atomic E-state index is 13.5. The van der Waals surface area contributed by atoms with Crippen molar-refractivity contribution in [2.75, 3.05) is 0 Å². The first-order chi connectivity index (χ1) is 10.1. The molecule has 3 aromatic rings. The first-order valence-electron chi connectivity index (χ1n) is 6.37. The molecule has 0 saturated carbocycles. The summed E-state index contributed by atoms with van der Waals surface area (Å²) in [7, 11) is 0. The van der Waals surface area contributed by atoms with Crippen molar-refractivity contribution >= 4 is 38.3 Å². The Kier molecular flexibility index (Phi) is 3.87. The molecule has 3 rings (SSSR count). The molecule has 0 spiro atoms. The lowest BCUT2D eigenvalue weighted by Gasteiger charge is -2.13. The van der Waals surface area contributed by atoms with Crippen molar-refractivity contribution in [3.05, 3.63) is 76.0 Å². The molecule has 0 aliphatic carbocycles. The Bertz CT molecular complexity index is 819. The second-order valence-electron chi connectivity index (χ2n) is 4.80. The monoisotopic (exact) mass is 364 g/mol. The fraction of sp³-hybridized carbons (Fsp3) is 0.0588. The van der Waals surface area contributed by atoms with Gasteiger partial charge in [-0.25, -0.2) is 4.39 Å². The molecule has 4 heteroatoms. The summed E-state index contributed by atoms with van der Waals surface area (Å²) in [4.78, 5) is 0. The highest BCUT2D eigenvalue weighted by molar-refractivity contribution is 9.10. The van der Waals surface area contributed by atoms with Crippen LogP contribution in [0, 0.1) is 5.82 Å². The molecule has 1 N–H and O–H groups in total. The Balaban J connectivity index is 2.08. The number of aromatic hydroxyl groups is 1. The van der Waals surface area contributed by atoms with Crippen LogP contribution in [-0.2, 0) is 0 Å². The van der Waals surface area contributed by atoms with Crippen molar-refractivity contribution in [2.45, 2.75) is 5.38 Å². The number of rotatable bonds is 2.